The quantitative estimate of drug-likeness (QED) is 0.675. The van der Waals surface area contributed by atoms with E-state index in [9.17, 15) is 18.5 Å². The first kappa shape index (κ1) is 13.2. The molecule has 1 aromatic carbocycles. The Morgan fingerprint density at radius 1 is 1.32 bits per heavy atom. The Balaban J connectivity index is 2.53. The second-order valence-corrected chi connectivity index (χ2v) is 5.54. The van der Waals surface area contributed by atoms with Gasteiger partial charge in [-0.05, 0) is 23.8 Å². The van der Waals surface area contributed by atoms with Crippen LogP contribution in [0, 0.1) is 10.1 Å². The molecule has 19 heavy (non-hydrogen) atoms. The van der Waals surface area contributed by atoms with E-state index in [1.165, 1.54) is 24.5 Å². The number of rotatable bonds is 4. The van der Waals surface area contributed by atoms with Crippen LogP contribution in [0.25, 0.3) is 11.3 Å². The standard InChI is InChI=1S/C11H10N2O5S/c12-19(16,17)7-8-4-9(11-2-1-3-18-11)6-10(5-8)13(14)15/h1-6H,7H2,(H2,12,16,17). The molecule has 2 aromatic rings. The molecule has 0 unspecified atom stereocenters. The van der Waals surface area contributed by atoms with Gasteiger partial charge in [-0.2, -0.15) is 0 Å². The minimum atomic E-state index is -3.76. The number of nitrogens with two attached hydrogens (primary N) is 1. The number of furan rings is 1. The first-order valence-electron chi connectivity index (χ1n) is 5.18. The van der Waals surface area contributed by atoms with Gasteiger partial charge in [-0.1, -0.05) is 0 Å². The molecule has 0 radical (unpaired) electrons. The van der Waals surface area contributed by atoms with Gasteiger partial charge in [0.1, 0.15) is 5.76 Å². The van der Waals surface area contributed by atoms with Gasteiger partial charge in [0.25, 0.3) is 5.69 Å². The lowest BCUT2D eigenvalue weighted by Crippen LogP contribution is -2.14. The highest BCUT2D eigenvalue weighted by Gasteiger charge is 2.15. The van der Waals surface area contributed by atoms with Gasteiger partial charge in [-0.25, -0.2) is 13.6 Å². The number of nitrogens with zero attached hydrogens (tertiary/aromatic N) is 1. The van der Waals surface area contributed by atoms with Crippen molar-refractivity contribution >= 4 is 15.7 Å². The highest BCUT2D eigenvalue weighted by molar-refractivity contribution is 7.88. The molecule has 8 heteroatoms. The van der Waals surface area contributed by atoms with E-state index in [-0.39, 0.29) is 11.3 Å². The van der Waals surface area contributed by atoms with Crippen molar-refractivity contribution in [3.8, 4) is 11.3 Å². The first-order chi connectivity index (χ1) is 8.85. The minimum absolute atomic E-state index is 0.215. The summed E-state index contributed by atoms with van der Waals surface area (Å²) in [6, 6.07) is 7.24. The molecule has 1 heterocycles. The second kappa shape index (κ2) is 4.82. The van der Waals surface area contributed by atoms with Crippen LogP contribution in [0.4, 0.5) is 5.69 Å². The van der Waals surface area contributed by atoms with Gasteiger partial charge in [0.05, 0.1) is 16.9 Å². The zero-order valence-corrected chi connectivity index (χ0v) is 10.5. The number of hydrogen-bond donors (Lipinski definition) is 1. The third kappa shape index (κ3) is 3.39. The second-order valence-electron chi connectivity index (χ2n) is 3.93. The Morgan fingerprint density at radius 3 is 2.58 bits per heavy atom. The molecule has 0 aliphatic carbocycles. The van der Waals surface area contributed by atoms with Crippen LogP contribution in [0.2, 0.25) is 0 Å². The molecule has 0 aliphatic rings. The maximum absolute atomic E-state index is 11.1. The first-order valence-corrected chi connectivity index (χ1v) is 6.89. The highest BCUT2D eigenvalue weighted by Crippen LogP contribution is 2.27. The smallest absolute Gasteiger partial charge is 0.270 e. The topological polar surface area (TPSA) is 116 Å². The van der Waals surface area contributed by atoms with E-state index >= 15 is 0 Å². The summed E-state index contributed by atoms with van der Waals surface area (Å²) in [5.41, 5.74) is 0.452. The van der Waals surface area contributed by atoms with E-state index in [1.54, 1.807) is 12.1 Å². The molecular formula is C11H10N2O5S. The van der Waals surface area contributed by atoms with Crippen molar-refractivity contribution in [2.75, 3.05) is 0 Å². The molecule has 0 amide bonds. The van der Waals surface area contributed by atoms with Crippen LogP contribution in [0.3, 0.4) is 0 Å². The lowest BCUT2D eigenvalue weighted by Gasteiger charge is -2.03. The summed E-state index contributed by atoms with van der Waals surface area (Å²) in [6.07, 6.45) is 1.42. The summed E-state index contributed by atoms with van der Waals surface area (Å²) in [4.78, 5) is 10.2. The highest BCUT2D eigenvalue weighted by atomic mass is 32.2. The molecule has 0 spiro atoms. The number of nitro benzene ring substituents is 1. The number of hydrogen-bond acceptors (Lipinski definition) is 5. The van der Waals surface area contributed by atoms with Crippen LogP contribution in [0.1, 0.15) is 5.56 Å². The summed E-state index contributed by atoms with van der Waals surface area (Å²) in [5.74, 6) is -0.0538. The number of primary sulfonamides is 1. The molecular weight excluding hydrogens is 272 g/mol. The molecule has 2 rings (SSSR count). The largest absolute Gasteiger partial charge is 0.464 e. The third-order valence-electron chi connectivity index (χ3n) is 2.36. The normalized spacial score (nSPS) is 11.4. The Labute approximate surface area is 108 Å². The van der Waals surface area contributed by atoms with E-state index < -0.39 is 20.7 Å². The SMILES string of the molecule is NS(=O)(=O)Cc1cc(-c2ccco2)cc([N+](=O)[O-])c1. The average molecular weight is 282 g/mol. The van der Waals surface area contributed by atoms with Crippen molar-refractivity contribution in [3.63, 3.8) is 0 Å². The monoisotopic (exact) mass is 282 g/mol. The van der Waals surface area contributed by atoms with Crippen molar-refractivity contribution in [1.29, 1.82) is 0 Å². The Morgan fingerprint density at radius 2 is 2.05 bits per heavy atom. The lowest BCUT2D eigenvalue weighted by molar-refractivity contribution is -0.384. The van der Waals surface area contributed by atoms with Crippen molar-refractivity contribution in [1.82, 2.24) is 0 Å². The van der Waals surface area contributed by atoms with E-state index in [0.29, 0.717) is 11.3 Å². The van der Waals surface area contributed by atoms with Gasteiger partial charge < -0.3 is 4.42 Å². The summed E-state index contributed by atoms with van der Waals surface area (Å²) >= 11 is 0. The van der Waals surface area contributed by atoms with Crippen molar-refractivity contribution in [3.05, 3.63) is 52.3 Å². The van der Waals surface area contributed by atoms with Gasteiger partial charge in [0.2, 0.25) is 10.0 Å². The Kier molecular flexibility index (Phi) is 3.36. The molecule has 0 fully saturated rings. The van der Waals surface area contributed by atoms with Gasteiger partial charge in [-0.15, -0.1) is 0 Å². The van der Waals surface area contributed by atoms with Gasteiger partial charge in [0.15, 0.2) is 0 Å². The summed E-state index contributed by atoms with van der Waals surface area (Å²) < 4.78 is 27.3. The fourth-order valence-electron chi connectivity index (χ4n) is 1.68. The molecule has 0 atom stereocenters. The summed E-state index contributed by atoms with van der Waals surface area (Å²) in [7, 11) is -3.76. The van der Waals surface area contributed by atoms with E-state index in [4.69, 9.17) is 9.56 Å². The van der Waals surface area contributed by atoms with E-state index in [0.717, 1.165) is 0 Å². The molecule has 7 nitrogen and oxygen atoms in total. The molecule has 2 N–H and O–H groups in total. The molecule has 0 saturated carbocycles. The molecule has 1 aromatic heterocycles. The predicted octanol–water partition coefficient (Wildman–Crippen LogP) is 1.64. The lowest BCUT2D eigenvalue weighted by atomic mass is 10.1. The number of non-ortho nitro benzene ring substituents is 1. The minimum Gasteiger partial charge on any atom is -0.464 e. The van der Waals surface area contributed by atoms with Gasteiger partial charge in [-0.3, -0.25) is 10.1 Å². The van der Waals surface area contributed by atoms with Crippen LogP contribution < -0.4 is 5.14 Å². The number of sulfonamides is 1. The zero-order valence-electron chi connectivity index (χ0n) is 9.65. The molecule has 0 saturated heterocycles. The Hall–Kier alpha value is -2.19. The third-order valence-corrected chi connectivity index (χ3v) is 3.10. The fraction of sp³-hybridized carbons (Fsp3) is 0.0909. The van der Waals surface area contributed by atoms with Crippen LogP contribution >= 0.6 is 0 Å². The average Bonchev–Trinajstić information content (AvgIpc) is 2.79. The summed E-state index contributed by atoms with van der Waals surface area (Å²) in [6.45, 7) is 0. The summed E-state index contributed by atoms with van der Waals surface area (Å²) in [5, 5.41) is 15.8. The van der Waals surface area contributed by atoms with E-state index in [2.05, 4.69) is 0 Å². The molecule has 0 aliphatic heterocycles. The van der Waals surface area contributed by atoms with E-state index in [1.807, 2.05) is 0 Å². The Bertz CT molecular complexity index is 707. The van der Waals surface area contributed by atoms with Crippen molar-refractivity contribution in [2.45, 2.75) is 5.75 Å². The van der Waals surface area contributed by atoms with Crippen molar-refractivity contribution in [2.24, 2.45) is 5.14 Å². The number of nitro groups is 1. The van der Waals surface area contributed by atoms with Crippen LogP contribution in [-0.4, -0.2) is 13.3 Å². The molecule has 0 bridgehead atoms. The fourth-order valence-corrected chi connectivity index (χ4v) is 2.31. The maximum Gasteiger partial charge on any atom is 0.270 e. The van der Waals surface area contributed by atoms with Gasteiger partial charge in [0, 0.05) is 17.7 Å². The zero-order chi connectivity index (χ0) is 14.0. The van der Waals surface area contributed by atoms with Crippen LogP contribution in [0.5, 0.6) is 0 Å². The van der Waals surface area contributed by atoms with Crippen molar-refractivity contribution < 1.29 is 17.8 Å². The maximum atomic E-state index is 11.1. The molecule has 100 valence electrons. The van der Waals surface area contributed by atoms with Crippen LogP contribution in [-0.2, 0) is 15.8 Å². The van der Waals surface area contributed by atoms with Gasteiger partial charge >= 0.3 is 0 Å². The van der Waals surface area contributed by atoms with Crippen LogP contribution in [0.15, 0.2) is 41.0 Å². The predicted molar refractivity (Wildman–Crippen MR) is 67.6 cm³/mol. The number of benzene rings is 1.